The summed E-state index contributed by atoms with van der Waals surface area (Å²) in [5.74, 6) is -1.96. The highest BCUT2D eigenvalue weighted by Crippen LogP contribution is 2.26. The van der Waals surface area contributed by atoms with Gasteiger partial charge in [0.2, 0.25) is 0 Å². The largest absolute Gasteiger partial charge is 0.481 e. The Balaban J connectivity index is 1.99. The molecule has 2 aromatic rings. The molecule has 0 saturated heterocycles. The van der Waals surface area contributed by atoms with E-state index in [9.17, 15) is 14.0 Å². The Kier molecular flexibility index (Phi) is 4.34. The van der Waals surface area contributed by atoms with Gasteiger partial charge in [-0.3, -0.25) is 9.59 Å². The zero-order valence-corrected chi connectivity index (χ0v) is 11.7. The summed E-state index contributed by atoms with van der Waals surface area (Å²) in [4.78, 5) is 23.1. The lowest BCUT2D eigenvalue weighted by Gasteiger charge is -2.06. The standard InChI is InChI=1S/C14H14FNO3S/c1-8(14(18)19)4-5-16-13(17)12-6-9-2-3-10(15)7-11(9)20-12/h2-3,6-8H,4-5H2,1H3,(H,16,17)(H,18,19). The number of halogens is 1. The van der Waals surface area contributed by atoms with Crippen LogP contribution < -0.4 is 5.32 Å². The van der Waals surface area contributed by atoms with E-state index in [1.165, 1.54) is 23.5 Å². The zero-order valence-electron chi connectivity index (χ0n) is 10.9. The highest BCUT2D eigenvalue weighted by Gasteiger charge is 2.13. The van der Waals surface area contributed by atoms with Crippen LogP contribution >= 0.6 is 11.3 Å². The van der Waals surface area contributed by atoms with Gasteiger partial charge in [-0.05, 0) is 30.0 Å². The number of carboxylic acids is 1. The second-order valence-electron chi connectivity index (χ2n) is 4.58. The van der Waals surface area contributed by atoms with Gasteiger partial charge in [0.15, 0.2) is 0 Å². The molecule has 1 amide bonds. The number of carbonyl (C=O) groups is 2. The fourth-order valence-corrected chi connectivity index (χ4v) is 2.73. The van der Waals surface area contributed by atoms with Crippen molar-refractivity contribution in [3.05, 3.63) is 35.0 Å². The summed E-state index contributed by atoms with van der Waals surface area (Å²) >= 11 is 1.22. The van der Waals surface area contributed by atoms with Crippen molar-refractivity contribution in [3.8, 4) is 0 Å². The molecule has 0 spiro atoms. The number of nitrogens with one attached hydrogen (secondary N) is 1. The van der Waals surface area contributed by atoms with E-state index in [4.69, 9.17) is 5.11 Å². The van der Waals surface area contributed by atoms with E-state index in [-0.39, 0.29) is 11.7 Å². The van der Waals surface area contributed by atoms with E-state index in [1.807, 2.05) is 0 Å². The molecule has 2 rings (SSSR count). The number of amides is 1. The Morgan fingerprint density at radius 1 is 1.40 bits per heavy atom. The molecule has 4 nitrogen and oxygen atoms in total. The van der Waals surface area contributed by atoms with Gasteiger partial charge in [-0.15, -0.1) is 11.3 Å². The van der Waals surface area contributed by atoms with Crippen LogP contribution in [0.5, 0.6) is 0 Å². The molecule has 1 heterocycles. The van der Waals surface area contributed by atoms with Crippen LogP contribution in [0.1, 0.15) is 23.0 Å². The third-order valence-corrected chi connectivity index (χ3v) is 4.09. The summed E-state index contributed by atoms with van der Waals surface area (Å²) in [5, 5.41) is 12.2. The van der Waals surface area contributed by atoms with Crippen LogP contribution in [0.2, 0.25) is 0 Å². The molecular weight excluding hydrogens is 281 g/mol. The van der Waals surface area contributed by atoms with Crippen molar-refractivity contribution in [1.82, 2.24) is 5.32 Å². The normalized spacial score (nSPS) is 12.3. The van der Waals surface area contributed by atoms with E-state index < -0.39 is 11.9 Å². The van der Waals surface area contributed by atoms with Crippen molar-refractivity contribution in [2.45, 2.75) is 13.3 Å². The molecule has 106 valence electrons. The molecule has 1 aromatic carbocycles. The topological polar surface area (TPSA) is 66.4 Å². The Morgan fingerprint density at radius 2 is 2.15 bits per heavy atom. The van der Waals surface area contributed by atoms with Gasteiger partial charge in [0.05, 0.1) is 10.8 Å². The maximum Gasteiger partial charge on any atom is 0.306 e. The van der Waals surface area contributed by atoms with E-state index in [0.29, 0.717) is 22.5 Å². The molecule has 2 N–H and O–H groups in total. The number of hydrogen-bond acceptors (Lipinski definition) is 3. The Labute approximate surface area is 119 Å². The van der Waals surface area contributed by atoms with Crippen molar-refractivity contribution in [2.24, 2.45) is 5.92 Å². The molecule has 1 unspecified atom stereocenters. The van der Waals surface area contributed by atoms with Crippen molar-refractivity contribution in [1.29, 1.82) is 0 Å². The molecule has 0 aliphatic carbocycles. The third-order valence-electron chi connectivity index (χ3n) is 2.99. The average molecular weight is 295 g/mol. The number of carbonyl (C=O) groups excluding carboxylic acids is 1. The highest BCUT2D eigenvalue weighted by molar-refractivity contribution is 7.20. The second-order valence-corrected chi connectivity index (χ2v) is 5.66. The summed E-state index contributed by atoms with van der Waals surface area (Å²) in [6.45, 7) is 1.89. The fourth-order valence-electron chi connectivity index (χ4n) is 1.73. The van der Waals surface area contributed by atoms with Gasteiger partial charge < -0.3 is 10.4 Å². The second kappa shape index (κ2) is 6.00. The fraction of sp³-hybridized carbons (Fsp3) is 0.286. The van der Waals surface area contributed by atoms with Gasteiger partial charge in [-0.25, -0.2) is 4.39 Å². The van der Waals surface area contributed by atoms with Crippen LogP contribution in [-0.4, -0.2) is 23.5 Å². The van der Waals surface area contributed by atoms with Crippen molar-refractivity contribution < 1.29 is 19.1 Å². The number of thiophene rings is 1. The molecule has 0 aliphatic rings. The molecular formula is C14H14FNO3S. The van der Waals surface area contributed by atoms with Crippen molar-refractivity contribution in [2.75, 3.05) is 6.54 Å². The molecule has 0 aliphatic heterocycles. The summed E-state index contributed by atoms with van der Waals surface area (Å²) in [7, 11) is 0. The summed E-state index contributed by atoms with van der Waals surface area (Å²) in [6, 6.07) is 6.08. The first-order valence-corrected chi connectivity index (χ1v) is 6.99. The predicted octanol–water partition coefficient (Wildman–Crippen LogP) is 2.88. The first-order chi connectivity index (χ1) is 9.47. The van der Waals surface area contributed by atoms with Crippen LogP contribution in [0.15, 0.2) is 24.3 Å². The van der Waals surface area contributed by atoms with Gasteiger partial charge in [-0.1, -0.05) is 13.0 Å². The van der Waals surface area contributed by atoms with Crippen molar-refractivity contribution in [3.63, 3.8) is 0 Å². The summed E-state index contributed by atoms with van der Waals surface area (Å²) < 4.78 is 13.8. The molecule has 0 bridgehead atoms. The Bertz CT molecular complexity index is 653. The first kappa shape index (κ1) is 14.5. The quantitative estimate of drug-likeness (QED) is 0.891. The maximum absolute atomic E-state index is 13.1. The predicted molar refractivity (Wildman–Crippen MR) is 75.5 cm³/mol. The number of benzene rings is 1. The minimum Gasteiger partial charge on any atom is -0.481 e. The molecule has 6 heteroatoms. The SMILES string of the molecule is CC(CCNC(=O)c1cc2ccc(F)cc2s1)C(=O)O. The Morgan fingerprint density at radius 3 is 2.85 bits per heavy atom. The van der Waals surface area contributed by atoms with Crippen LogP contribution in [0.25, 0.3) is 10.1 Å². The van der Waals surface area contributed by atoms with Gasteiger partial charge in [0.1, 0.15) is 5.82 Å². The number of hydrogen-bond donors (Lipinski definition) is 2. The summed E-state index contributed by atoms with van der Waals surface area (Å²) in [6.07, 6.45) is 0.376. The first-order valence-electron chi connectivity index (χ1n) is 6.17. The lowest BCUT2D eigenvalue weighted by Crippen LogP contribution is -2.26. The molecule has 1 aromatic heterocycles. The van der Waals surface area contributed by atoms with Gasteiger partial charge in [0, 0.05) is 11.2 Å². The molecule has 1 atom stereocenters. The molecule has 20 heavy (non-hydrogen) atoms. The minimum atomic E-state index is -0.878. The van der Waals surface area contributed by atoms with Crippen molar-refractivity contribution >= 4 is 33.3 Å². The zero-order chi connectivity index (χ0) is 14.7. The Hall–Kier alpha value is -1.95. The number of aliphatic carboxylic acids is 1. The number of carboxylic acid groups (broad SMARTS) is 1. The van der Waals surface area contributed by atoms with E-state index in [2.05, 4.69) is 5.32 Å². The summed E-state index contributed by atoms with van der Waals surface area (Å²) in [5.41, 5.74) is 0. The maximum atomic E-state index is 13.1. The molecule has 0 saturated carbocycles. The lowest BCUT2D eigenvalue weighted by atomic mass is 10.1. The van der Waals surface area contributed by atoms with E-state index >= 15 is 0 Å². The number of fused-ring (bicyclic) bond motifs is 1. The van der Waals surface area contributed by atoms with Crippen LogP contribution in [0, 0.1) is 11.7 Å². The van der Waals surface area contributed by atoms with Gasteiger partial charge >= 0.3 is 5.97 Å². The van der Waals surface area contributed by atoms with E-state index in [0.717, 1.165) is 5.39 Å². The minimum absolute atomic E-state index is 0.260. The lowest BCUT2D eigenvalue weighted by molar-refractivity contribution is -0.141. The van der Waals surface area contributed by atoms with Crippen LogP contribution in [0.3, 0.4) is 0 Å². The van der Waals surface area contributed by atoms with Crippen LogP contribution in [-0.2, 0) is 4.79 Å². The average Bonchev–Trinajstić information content (AvgIpc) is 2.81. The molecule has 0 radical (unpaired) electrons. The monoisotopic (exact) mass is 295 g/mol. The van der Waals surface area contributed by atoms with Crippen LogP contribution in [0.4, 0.5) is 4.39 Å². The highest BCUT2D eigenvalue weighted by atomic mass is 32.1. The smallest absolute Gasteiger partial charge is 0.306 e. The van der Waals surface area contributed by atoms with E-state index in [1.54, 1.807) is 19.1 Å². The third kappa shape index (κ3) is 3.33. The van der Waals surface area contributed by atoms with Gasteiger partial charge in [0.25, 0.3) is 5.91 Å². The molecule has 0 fully saturated rings. The number of rotatable bonds is 5. The van der Waals surface area contributed by atoms with Gasteiger partial charge in [-0.2, -0.15) is 0 Å².